The van der Waals surface area contributed by atoms with E-state index in [9.17, 15) is 4.79 Å². The quantitative estimate of drug-likeness (QED) is 0.834. The van der Waals surface area contributed by atoms with Gasteiger partial charge in [0.2, 0.25) is 0 Å². The summed E-state index contributed by atoms with van der Waals surface area (Å²) >= 11 is 0. The van der Waals surface area contributed by atoms with Crippen LogP contribution >= 0.6 is 0 Å². The van der Waals surface area contributed by atoms with E-state index in [4.69, 9.17) is 4.74 Å². The standard InChI is InChI=1S/C15H21NO2/c1-15(2,3)18-14(17)7-5-11-4-6-12-9-16-10-13(12)8-11/h4,6,8,16H,5,7,9-10H2,1-3H3. The van der Waals surface area contributed by atoms with Crippen LogP contribution in [0, 0.1) is 0 Å². The van der Waals surface area contributed by atoms with Crippen LogP contribution in [-0.2, 0) is 29.0 Å². The average Bonchev–Trinajstić information content (AvgIpc) is 2.71. The Bertz CT molecular complexity index is 446. The Balaban J connectivity index is 1.89. The number of rotatable bonds is 3. The lowest BCUT2D eigenvalue weighted by molar-refractivity contribution is -0.154. The number of hydrogen-bond acceptors (Lipinski definition) is 3. The number of ether oxygens (including phenoxy) is 1. The van der Waals surface area contributed by atoms with Crippen LogP contribution in [0.25, 0.3) is 0 Å². The molecule has 0 fully saturated rings. The first-order valence-electron chi connectivity index (χ1n) is 6.47. The van der Waals surface area contributed by atoms with Crippen molar-refractivity contribution in [2.75, 3.05) is 0 Å². The van der Waals surface area contributed by atoms with Crippen LogP contribution in [0.5, 0.6) is 0 Å². The minimum atomic E-state index is -0.390. The Kier molecular flexibility index (Phi) is 3.71. The third-order valence-corrected chi connectivity index (χ3v) is 2.94. The van der Waals surface area contributed by atoms with E-state index < -0.39 is 0 Å². The van der Waals surface area contributed by atoms with E-state index in [-0.39, 0.29) is 11.6 Å². The van der Waals surface area contributed by atoms with Crippen molar-refractivity contribution >= 4 is 5.97 Å². The lowest BCUT2D eigenvalue weighted by atomic mass is 10.0. The molecule has 0 radical (unpaired) electrons. The summed E-state index contributed by atoms with van der Waals surface area (Å²) < 4.78 is 5.30. The van der Waals surface area contributed by atoms with Gasteiger partial charge in [-0.05, 0) is 43.9 Å². The van der Waals surface area contributed by atoms with Crippen molar-refractivity contribution in [2.45, 2.75) is 52.3 Å². The summed E-state index contributed by atoms with van der Waals surface area (Å²) in [7, 11) is 0. The normalized spacial score (nSPS) is 14.4. The molecule has 1 aromatic carbocycles. The highest BCUT2D eigenvalue weighted by atomic mass is 16.6. The Morgan fingerprint density at radius 1 is 1.28 bits per heavy atom. The molecule has 0 saturated carbocycles. The minimum Gasteiger partial charge on any atom is -0.460 e. The molecular weight excluding hydrogens is 226 g/mol. The number of esters is 1. The second-order valence-corrected chi connectivity index (χ2v) is 5.79. The molecule has 0 saturated heterocycles. The van der Waals surface area contributed by atoms with Crippen molar-refractivity contribution < 1.29 is 9.53 Å². The van der Waals surface area contributed by atoms with E-state index in [0.717, 1.165) is 19.5 Å². The van der Waals surface area contributed by atoms with Crippen LogP contribution < -0.4 is 5.32 Å². The molecule has 0 aliphatic carbocycles. The van der Waals surface area contributed by atoms with Gasteiger partial charge >= 0.3 is 5.97 Å². The Morgan fingerprint density at radius 3 is 2.72 bits per heavy atom. The zero-order valence-corrected chi connectivity index (χ0v) is 11.4. The fraction of sp³-hybridized carbons (Fsp3) is 0.533. The molecule has 0 atom stereocenters. The number of nitrogens with one attached hydrogen (secondary N) is 1. The van der Waals surface area contributed by atoms with Gasteiger partial charge in [-0.15, -0.1) is 0 Å². The SMILES string of the molecule is CC(C)(C)OC(=O)CCc1ccc2c(c1)CNC2. The van der Waals surface area contributed by atoms with Gasteiger partial charge in [0, 0.05) is 19.5 Å². The topological polar surface area (TPSA) is 38.3 Å². The molecule has 0 bridgehead atoms. The second kappa shape index (κ2) is 5.11. The molecule has 1 aliphatic heterocycles. The summed E-state index contributed by atoms with van der Waals surface area (Å²) in [5, 5.41) is 3.32. The monoisotopic (exact) mass is 247 g/mol. The Hall–Kier alpha value is -1.35. The molecule has 18 heavy (non-hydrogen) atoms. The van der Waals surface area contributed by atoms with Gasteiger partial charge in [-0.1, -0.05) is 18.2 Å². The van der Waals surface area contributed by atoms with E-state index >= 15 is 0 Å². The summed E-state index contributed by atoms with van der Waals surface area (Å²) in [5.74, 6) is -0.124. The predicted molar refractivity (Wildman–Crippen MR) is 71.2 cm³/mol. The Morgan fingerprint density at radius 2 is 2.00 bits per heavy atom. The number of hydrogen-bond donors (Lipinski definition) is 1. The number of carbonyl (C=O) groups is 1. The van der Waals surface area contributed by atoms with Crippen molar-refractivity contribution in [1.29, 1.82) is 0 Å². The second-order valence-electron chi connectivity index (χ2n) is 5.79. The van der Waals surface area contributed by atoms with Gasteiger partial charge in [-0.3, -0.25) is 4.79 Å². The van der Waals surface area contributed by atoms with E-state index in [1.54, 1.807) is 0 Å². The molecule has 0 unspecified atom stereocenters. The van der Waals surface area contributed by atoms with E-state index in [2.05, 4.69) is 23.5 Å². The molecule has 1 aliphatic rings. The largest absolute Gasteiger partial charge is 0.460 e. The number of carbonyl (C=O) groups excluding carboxylic acids is 1. The first-order chi connectivity index (χ1) is 8.44. The maximum absolute atomic E-state index is 11.6. The summed E-state index contributed by atoms with van der Waals surface area (Å²) in [6.07, 6.45) is 1.20. The van der Waals surface area contributed by atoms with Gasteiger partial charge in [0.1, 0.15) is 5.60 Å². The highest BCUT2D eigenvalue weighted by molar-refractivity contribution is 5.70. The molecule has 0 aromatic heterocycles. The van der Waals surface area contributed by atoms with Crippen LogP contribution in [0.2, 0.25) is 0 Å². The molecule has 1 heterocycles. The fourth-order valence-corrected chi connectivity index (χ4v) is 2.14. The van der Waals surface area contributed by atoms with Crippen LogP contribution in [0.1, 0.15) is 43.9 Å². The summed E-state index contributed by atoms with van der Waals surface area (Å²) in [6, 6.07) is 6.45. The maximum atomic E-state index is 11.6. The van der Waals surface area contributed by atoms with E-state index in [1.165, 1.54) is 16.7 Å². The summed E-state index contributed by atoms with van der Waals surface area (Å²) in [6.45, 7) is 7.58. The van der Waals surface area contributed by atoms with Gasteiger partial charge in [0.05, 0.1) is 0 Å². The maximum Gasteiger partial charge on any atom is 0.306 e. The van der Waals surface area contributed by atoms with Crippen LogP contribution in [0.4, 0.5) is 0 Å². The number of fused-ring (bicyclic) bond motifs is 1. The molecule has 0 spiro atoms. The van der Waals surface area contributed by atoms with Gasteiger partial charge < -0.3 is 10.1 Å². The molecule has 2 rings (SSSR count). The lowest BCUT2D eigenvalue weighted by Gasteiger charge is -2.19. The highest BCUT2D eigenvalue weighted by Crippen LogP contribution is 2.18. The smallest absolute Gasteiger partial charge is 0.306 e. The van der Waals surface area contributed by atoms with Crippen molar-refractivity contribution in [1.82, 2.24) is 5.32 Å². The average molecular weight is 247 g/mol. The summed E-state index contributed by atoms with van der Waals surface area (Å²) in [5.41, 5.74) is 3.55. The van der Waals surface area contributed by atoms with Crippen molar-refractivity contribution in [3.05, 3.63) is 34.9 Å². The highest BCUT2D eigenvalue weighted by Gasteiger charge is 2.16. The third kappa shape index (κ3) is 3.57. The molecule has 3 heteroatoms. The first kappa shape index (κ1) is 13.1. The van der Waals surface area contributed by atoms with E-state index in [0.29, 0.717) is 6.42 Å². The molecule has 1 N–H and O–H groups in total. The van der Waals surface area contributed by atoms with Gasteiger partial charge in [-0.2, -0.15) is 0 Å². The molecule has 0 amide bonds. The van der Waals surface area contributed by atoms with Gasteiger partial charge in [0.25, 0.3) is 0 Å². The zero-order chi connectivity index (χ0) is 13.2. The molecule has 98 valence electrons. The van der Waals surface area contributed by atoms with Crippen molar-refractivity contribution in [3.63, 3.8) is 0 Å². The minimum absolute atomic E-state index is 0.124. The number of benzene rings is 1. The van der Waals surface area contributed by atoms with Crippen LogP contribution in [0.15, 0.2) is 18.2 Å². The van der Waals surface area contributed by atoms with Crippen LogP contribution in [-0.4, -0.2) is 11.6 Å². The van der Waals surface area contributed by atoms with E-state index in [1.807, 2.05) is 20.8 Å². The lowest BCUT2D eigenvalue weighted by Crippen LogP contribution is -2.24. The molecular formula is C15H21NO2. The van der Waals surface area contributed by atoms with Gasteiger partial charge in [-0.25, -0.2) is 0 Å². The van der Waals surface area contributed by atoms with Crippen molar-refractivity contribution in [2.24, 2.45) is 0 Å². The molecule has 1 aromatic rings. The fourth-order valence-electron chi connectivity index (χ4n) is 2.14. The van der Waals surface area contributed by atoms with Gasteiger partial charge in [0.15, 0.2) is 0 Å². The van der Waals surface area contributed by atoms with Crippen molar-refractivity contribution in [3.8, 4) is 0 Å². The number of aryl methyl sites for hydroxylation is 1. The third-order valence-electron chi connectivity index (χ3n) is 2.94. The Labute approximate surface area is 109 Å². The predicted octanol–water partition coefficient (Wildman–Crippen LogP) is 2.56. The first-order valence-corrected chi connectivity index (χ1v) is 6.47. The molecule has 3 nitrogen and oxygen atoms in total. The van der Waals surface area contributed by atoms with Crippen LogP contribution in [0.3, 0.4) is 0 Å². The summed E-state index contributed by atoms with van der Waals surface area (Å²) in [4.78, 5) is 11.6. The zero-order valence-electron chi connectivity index (χ0n) is 11.4.